The van der Waals surface area contributed by atoms with Gasteiger partial charge in [0.25, 0.3) is 5.91 Å². The van der Waals surface area contributed by atoms with Crippen LogP contribution in [0.5, 0.6) is 5.75 Å². The highest BCUT2D eigenvalue weighted by Gasteiger charge is 2.29. The Morgan fingerprint density at radius 3 is 2.89 bits per heavy atom. The van der Waals surface area contributed by atoms with Gasteiger partial charge in [-0.2, -0.15) is 10.1 Å². The van der Waals surface area contributed by atoms with Crippen molar-refractivity contribution in [2.24, 2.45) is 0 Å². The molecule has 28 heavy (non-hydrogen) atoms. The minimum Gasteiger partial charge on any atom is -0.483 e. The molecule has 1 atom stereocenters. The molecule has 0 bridgehead atoms. The van der Waals surface area contributed by atoms with Crippen LogP contribution < -0.4 is 15.4 Å². The van der Waals surface area contributed by atoms with Crippen molar-refractivity contribution in [1.82, 2.24) is 14.8 Å². The van der Waals surface area contributed by atoms with E-state index < -0.39 is 0 Å². The van der Waals surface area contributed by atoms with E-state index in [0.717, 1.165) is 16.8 Å². The molecule has 2 heterocycles. The lowest BCUT2D eigenvalue weighted by molar-refractivity contribution is -0.118. The Morgan fingerprint density at radius 1 is 1.25 bits per heavy atom. The molecule has 8 heteroatoms. The van der Waals surface area contributed by atoms with E-state index in [1.165, 1.54) is 6.33 Å². The predicted octanol–water partition coefficient (Wildman–Crippen LogP) is 2.54. The average Bonchev–Trinajstić information content (AvgIpc) is 3.16. The zero-order valence-electron chi connectivity index (χ0n) is 15.3. The SMILES string of the molecule is Cc1ccccc1NC(=O)COc1ccccc1C1CC(=O)Nc2ncnn21. The topological polar surface area (TPSA) is 98.1 Å². The lowest BCUT2D eigenvalue weighted by atomic mass is 10.0. The summed E-state index contributed by atoms with van der Waals surface area (Å²) in [6, 6.07) is 14.5. The fraction of sp³-hybridized carbons (Fsp3) is 0.200. The molecule has 142 valence electrons. The van der Waals surface area contributed by atoms with Crippen LogP contribution in [-0.4, -0.2) is 33.2 Å². The number of carbonyl (C=O) groups is 2. The second-order valence-corrected chi connectivity index (χ2v) is 6.49. The van der Waals surface area contributed by atoms with Crippen molar-refractivity contribution >= 4 is 23.5 Å². The molecule has 0 saturated heterocycles. The predicted molar refractivity (Wildman–Crippen MR) is 103 cm³/mol. The molecule has 8 nitrogen and oxygen atoms in total. The van der Waals surface area contributed by atoms with Gasteiger partial charge in [-0.15, -0.1) is 0 Å². The number of nitrogens with one attached hydrogen (secondary N) is 2. The number of anilines is 2. The summed E-state index contributed by atoms with van der Waals surface area (Å²) in [7, 11) is 0. The third-order valence-corrected chi connectivity index (χ3v) is 4.55. The summed E-state index contributed by atoms with van der Waals surface area (Å²) < 4.78 is 7.44. The van der Waals surface area contributed by atoms with E-state index in [-0.39, 0.29) is 30.9 Å². The molecule has 0 spiro atoms. The van der Waals surface area contributed by atoms with Crippen LogP contribution in [0.3, 0.4) is 0 Å². The van der Waals surface area contributed by atoms with E-state index in [1.54, 1.807) is 10.7 Å². The highest BCUT2D eigenvalue weighted by molar-refractivity contribution is 5.92. The quantitative estimate of drug-likeness (QED) is 0.712. The molecular weight excluding hydrogens is 358 g/mol. The van der Waals surface area contributed by atoms with Crippen LogP contribution >= 0.6 is 0 Å². The molecule has 2 amide bonds. The second kappa shape index (κ2) is 7.51. The summed E-state index contributed by atoms with van der Waals surface area (Å²) in [5.74, 6) is 0.529. The molecule has 1 aliphatic heterocycles. The van der Waals surface area contributed by atoms with Crippen molar-refractivity contribution in [3.63, 3.8) is 0 Å². The molecule has 1 aliphatic rings. The maximum Gasteiger partial charge on any atom is 0.262 e. The van der Waals surface area contributed by atoms with Gasteiger partial charge < -0.3 is 10.1 Å². The van der Waals surface area contributed by atoms with E-state index >= 15 is 0 Å². The van der Waals surface area contributed by atoms with Crippen LogP contribution in [-0.2, 0) is 9.59 Å². The van der Waals surface area contributed by atoms with Crippen LogP contribution in [0.1, 0.15) is 23.6 Å². The highest BCUT2D eigenvalue weighted by Crippen LogP contribution is 2.34. The second-order valence-electron chi connectivity index (χ2n) is 6.49. The Morgan fingerprint density at radius 2 is 2.04 bits per heavy atom. The summed E-state index contributed by atoms with van der Waals surface area (Å²) in [6.45, 7) is 1.78. The minimum absolute atomic E-state index is 0.141. The first kappa shape index (κ1) is 17.7. The summed E-state index contributed by atoms with van der Waals surface area (Å²) in [4.78, 5) is 28.4. The van der Waals surface area contributed by atoms with Gasteiger partial charge in [-0.1, -0.05) is 36.4 Å². The number of hydrogen-bond acceptors (Lipinski definition) is 5. The van der Waals surface area contributed by atoms with Gasteiger partial charge in [0.05, 0.1) is 12.5 Å². The van der Waals surface area contributed by atoms with Crippen LogP contribution in [0.4, 0.5) is 11.6 Å². The lowest BCUT2D eigenvalue weighted by Gasteiger charge is -2.25. The zero-order chi connectivity index (χ0) is 19.5. The normalized spacial score (nSPS) is 15.5. The van der Waals surface area contributed by atoms with Crippen LogP contribution in [0.15, 0.2) is 54.9 Å². The van der Waals surface area contributed by atoms with E-state index in [0.29, 0.717) is 11.7 Å². The summed E-state index contributed by atoms with van der Waals surface area (Å²) >= 11 is 0. The standard InChI is InChI=1S/C20H19N5O3/c1-13-6-2-4-8-15(13)23-19(27)11-28-17-9-5-3-7-14(17)16-10-18(26)24-20-21-12-22-25(16)20/h2-9,12,16H,10-11H2,1H3,(H,23,27)(H,21,22,24,26). The molecular formula is C20H19N5O3. The monoisotopic (exact) mass is 377 g/mol. The Bertz CT molecular complexity index is 1030. The molecule has 1 aromatic heterocycles. The Balaban J connectivity index is 1.51. The fourth-order valence-electron chi connectivity index (χ4n) is 3.18. The number of ether oxygens (including phenoxy) is 1. The summed E-state index contributed by atoms with van der Waals surface area (Å²) in [6.07, 6.45) is 1.61. The number of hydrogen-bond donors (Lipinski definition) is 2. The van der Waals surface area contributed by atoms with Gasteiger partial charge in [0.2, 0.25) is 11.9 Å². The summed E-state index contributed by atoms with van der Waals surface area (Å²) in [5.41, 5.74) is 2.50. The first-order valence-electron chi connectivity index (χ1n) is 8.88. The molecule has 0 saturated carbocycles. The summed E-state index contributed by atoms with van der Waals surface area (Å²) in [5, 5.41) is 9.74. The Kier molecular flexibility index (Phi) is 4.76. The van der Waals surface area contributed by atoms with Crippen LogP contribution in [0.25, 0.3) is 0 Å². The number of aromatic nitrogens is 3. The smallest absolute Gasteiger partial charge is 0.262 e. The first-order valence-corrected chi connectivity index (χ1v) is 8.88. The number of benzene rings is 2. The van der Waals surface area contributed by atoms with E-state index in [4.69, 9.17) is 4.74 Å². The van der Waals surface area contributed by atoms with Crippen molar-refractivity contribution in [2.75, 3.05) is 17.2 Å². The number of fused-ring (bicyclic) bond motifs is 1. The highest BCUT2D eigenvalue weighted by atomic mass is 16.5. The van der Waals surface area contributed by atoms with E-state index in [1.807, 2.05) is 49.4 Å². The molecule has 0 fully saturated rings. The van der Waals surface area contributed by atoms with Gasteiger partial charge in [-0.3, -0.25) is 14.9 Å². The van der Waals surface area contributed by atoms with Crippen LogP contribution in [0.2, 0.25) is 0 Å². The molecule has 2 aromatic carbocycles. The van der Waals surface area contributed by atoms with E-state index in [9.17, 15) is 9.59 Å². The molecule has 0 aliphatic carbocycles. The zero-order valence-corrected chi connectivity index (χ0v) is 15.3. The largest absolute Gasteiger partial charge is 0.483 e. The number of para-hydroxylation sites is 2. The fourth-order valence-corrected chi connectivity index (χ4v) is 3.18. The third kappa shape index (κ3) is 3.57. The Labute approximate surface area is 161 Å². The number of nitrogens with zero attached hydrogens (tertiary/aromatic N) is 3. The van der Waals surface area contributed by atoms with Gasteiger partial charge in [-0.05, 0) is 24.6 Å². The van der Waals surface area contributed by atoms with Gasteiger partial charge in [0.15, 0.2) is 6.61 Å². The molecule has 1 unspecified atom stereocenters. The number of aryl methyl sites for hydroxylation is 1. The van der Waals surface area contributed by atoms with Crippen molar-refractivity contribution in [3.05, 3.63) is 66.0 Å². The third-order valence-electron chi connectivity index (χ3n) is 4.55. The van der Waals surface area contributed by atoms with Crippen molar-refractivity contribution < 1.29 is 14.3 Å². The van der Waals surface area contributed by atoms with Gasteiger partial charge in [-0.25, -0.2) is 4.68 Å². The number of rotatable bonds is 5. The molecule has 4 rings (SSSR count). The maximum absolute atomic E-state index is 12.3. The number of amides is 2. The van der Waals surface area contributed by atoms with Crippen LogP contribution in [0, 0.1) is 6.92 Å². The maximum atomic E-state index is 12.3. The molecule has 3 aromatic rings. The minimum atomic E-state index is -0.345. The molecule has 0 radical (unpaired) electrons. The Hall–Kier alpha value is -3.68. The van der Waals surface area contributed by atoms with Crippen molar-refractivity contribution in [3.8, 4) is 5.75 Å². The van der Waals surface area contributed by atoms with Gasteiger partial charge in [0, 0.05) is 11.3 Å². The lowest BCUT2D eigenvalue weighted by Crippen LogP contribution is -2.29. The molecule has 2 N–H and O–H groups in total. The van der Waals surface area contributed by atoms with E-state index in [2.05, 4.69) is 20.7 Å². The van der Waals surface area contributed by atoms with Crippen molar-refractivity contribution in [1.29, 1.82) is 0 Å². The van der Waals surface area contributed by atoms with Crippen molar-refractivity contribution in [2.45, 2.75) is 19.4 Å². The first-order chi connectivity index (χ1) is 13.6. The average molecular weight is 377 g/mol. The van der Waals surface area contributed by atoms with Gasteiger partial charge in [0.1, 0.15) is 12.1 Å². The number of carbonyl (C=O) groups excluding carboxylic acids is 2. The van der Waals surface area contributed by atoms with Gasteiger partial charge >= 0.3 is 0 Å².